The van der Waals surface area contributed by atoms with Crippen LogP contribution in [0, 0.1) is 0 Å². The van der Waals surface area contributed by atoms with E-state index in [1.165, 1.54) is 0 Å². The number of carbonyl (C=O) groups is 2. The molecule has 1 saturated heterocycles. The Morgan fingerprint density at radius 3 is 2.52 bits per heavy atom. The van der Waals surface area contributed by atoms with Gasteiger partial charge in [-0.15, -0.1) is 0 Å². The van der Waals surface area contributed by atoms with Gasteiger partial charge in [0, 0.05) is 38.3 Å². The molecule has 25 heavy (non-hydrogen) atoms. The van der Waals surface area contributed by atoms with Gasteiger partial charge >= 0.3 is 6.03 Å². The fourth-order valence-electron chi connectivity index (χ4n) is 2.96. The largest absolute Gasteiger partial charge is 0.496 e. The summed E-state index contributed by atoms with van der Waals surface area (Å²) < 4.78 is 5.35. The molecule has 1 aliphatic heterocycles. The number of hydrogen-bond acceptors (Lipinski definition) is 4. The van der Waals surface area contributed by atoms with Crippen LogP contribution >= 0.6 is 0 Å². The van der Waals surface area contributed by atoms with E-state index in [-0.39, 0.29) is 18.0 Å². The van der Waals surface area contributed by atoms with Crippen LogP contribution < -0.4 is 15.4 Å². The first-order valence-corrected chi connectivity index (χ1v) is 8.72. The van der Waals surface area contributed by atoms with E-state index in [2.05, 4.69) is 15.5 Å². The highest BCUT2D eigenvalue weighted by molar-refractivity contribution is 5.78. The first-order chi connectivity index (χ1) is 12.0. The summed E-state index contributed by atoms with van der Waals surface area (Å²) in [7, 11) is 1.63. The molecule has 2 N–H and O–H groups in total. The molecule has 1 atom stereocenters. The zero-order valence-electron chi connectivity index (χ0n) is 15.2. The number of amides is 3. The van der Waals surface area contributed by atoms with Crippen molar-refractivity contribution in [2.24, 2.45) is 0 Å². The van der Waals surface area contributed by atoms with Gasteiger partial charge in [0.15, 0.2) is 0 Å². The summed E-state index contributed by atoms with van der Waals surface area (Å²) in [5.74, 6) is 0.746. The number of ether oxygens (including phenoxy) is 1. The Hall–Kier alpha value is -2.28. The van der Waals surface area contributed by atoms with Crippen LogP contribution in [0.5, 0.6) is 5.75 Å². The van der Waals surface area contributed by atoms with Crippen LogP contribution in [-0.4, -0.2) is 68.1 Å². The van der Waals surface area contributed by atoms with Crippen LogP contribution in [0.25, 0.3) is 0 Å². The van der Waals surface area contributed by atoms with Crippen LogP contribution in [0.3, 0.4) is 0 Å². The lowest BCUT2D eigenvalue weighted by atomic mass is 10.1. The van der Waals surface area contributed by atoms with Gasteiger partial charge in [0.2, 0.25) is 5.91 Å². The quantitative estimate of drug-likeness (QED) is 0.811. The van der Waals surface area contributed by atoms with E-state index >= 15 is 0 Å². The third-order valence-corrected chi connectivity index (χ3v) is 4.34. The molecular formula is C18H28N4O3. The maximum atomic E-state index is 12.3. The number of hydrogen-bond donors (Lipinski definition) is 2. The van der Waals surface area contributed by atoms with Crippen molar-refractivity contribution in [1.29, 1.82) is 0 Å². The Bertz CT molecular complexity index is 585. The van der Waals surface area contributed by atoms with E-state index in [9.17, 15) is 9.59 Å². The van der Waals surface area contributed by atoms with Crippen molar-refractivity contribution >= 4 is 11.9 Å². The molecule has 1 unspecified atom stereocenters. The van der Waals surface area contributed by atoms with Gasteiger partial charge in [0.1, 0.15) is 5.75 Å². The molecule has 1 aromatic carbocycles. The molecule has 7 nitrogen and oxygen atoms in total. The maximum absolute atomic E-state index is 12.3. The SMILES string of the molecule is CCNC(=O)N1CCN(CC(=O)NC(C)c2ccccc2OC)CC1. The lowest BCUT2D eigenvalue weighted by Crippen LogP contribution is -2.53. The number of para-hydroxylation sites is 1. The van der Waals surface area contributed by atoms with Gasteiger partial charge in [-0.2, -0.15) is 0 Å². The summed E-state index contributed by atoms with van der Waals surface area (Å²) in [6, 6.07) is 7.52. The van der Waals surface area contributed by atoms with Crippen molar-refractivity contribution in [3.8, 4) is 5.75 Å². The predicted octanol–water partition coefficient (Wildman–Crippen LogP) is 1.22. The van der Waals surface area contributed by atoms with E-state index in [1.807, 2.05) is 38.1 Å². The zero-order valence-corrected chi connectivity index (χ0v) is 15.2. The number of carbonyl (C=O) groups excluding carboxylic acids is 2. The molecule has 1 fully saturated rings. The zero-order chi connectivity index (χ0) is 18.2. The Balaban J connectivity index is 1.80. The van der Waals surface area contributed by atoms with Gasteiger partial charge < -0.3 is 20.3 Å². The highest BCUT2D eigenvalue weighted by Gasteiger charge is 2.22. The molecule has 1 aliphatic rings. The molecule has 0 aliphatic carbocycles. The third kappa shape index (κ3) is 5.35. The molecule has 1 aromatic rings. The van der Waals surface area contributed by atoms with Crippen molar-refractivity contribution in [2.75, 3.05) is 46.4 Å². The second-order valence-corrected chi connectivity index (χ2v) is 6.13. The summed E-state index contributed by atoms with van der Waals surface area (Å²) in [6.45, 7) is 7.50. The topological polar surface area (TPSA) is 73.9 Å². The van der Waals surface area contributed by atoms with Crippen LogP contribution in [-0.2, 0) is 4.79 Å². The molecule has 138 valence electrons. The predicted molar refractivity (Wildman–Crippen MR) is 96.6 cm³/mol. The van der Waals surface area contributed by atoms with Crippen molar-refractivity contribution in [2.45, 2.75) is 19.9 Å². The summed E-state index contributed by atoms with van der Waals surface area (Å²) in [5.41, 5.74) is 0.958. The van der Waals surface area contributed by atoms with Crippen molar-refractivity contribution in [1.82, 2.24) is 20.4 Å². The Morgan fingerprint density at radius 2 is 1.88 bits per heavy atom. The van der Waals surface area contributed by atoms with Crippen molar-refractivity contribution < 1.29 is 14.3 Å². The molecule has 0 aromatic heterocycles. The fourth-order valence-corrected chi connectivity index (χ4v) is 2.96. The molecule has 0 bridgehead atoms. The second-order valence-electron chi connectivity index (χ2n) is 6.13. The maximum Gasteiger partial charge on any atom is 0.317 e. The van der Waals surface area contributed by atoms with Gasteiger partial charge in [0.05, 0.1) is 19.7 Å². The van der Waals surface area contributed by atoms with Gasteiger partial charge in [-0.05, 0) is 19.9 Å². The minimum Gasteiger partial charge on any atom is -0.496 e. The van der Waals surface area contributed by atoms with Crippen LogP contribution in [0.2, 0.25) is 0 Å². The van der Waals surface area contributed by atoms with Crippen LogP contribution in [0.1, 0.15) is 25.5 Å². The Kier molecular flexibility index (Phi) is 7.06. The number of nitrogens with one attached hydrogen (secondary N) is 2. The summed E-state index contributed by atoms with van der Waals surface area (Å²) in [5, 5.41) is 5.82. The average molecular weight is 348 g/mol. The molecule has 3 amide bonds. The van der Waals surface area contributed by atoms with Crippen molar-refractivity contribution in [3.63, 3.8) is 0 Å². The molecule has 7 heteroatoms. The summed E-state index contributed by atoms with van der Waals surface area (Å²) >= 11 is 0. The smallest absolute Gasteiger partial charge is 0.317 e. The first-order valence-electron chi connectivity index (χ1n) is 8.72. The average Bonchev–Trinajstić information content (AvgIpc) is 2.62. The lowest BCUT2D eigenvalue weighted by Gasteiger charge is -2.34. The molecule has 2 rings (SSSR count). The normalized spacial score (nSPS) is 16.2. The summed E-state index contributed by atoms with van der Waals surface area (Å²) in [6.07, 6.45) is 0. The Morgan fingerprint density at radius 1 is 1.20 bits per heavy atom. The van der Waals surface area contributed by atoms with E-state index in [0.717, 1.165) is 11.3 Å². The van der Waals surface area contributed by atoms with E-state index in [0.29, 0.717) is 39.3 Å². The number of urea groups is 1. The Labute approximate surface area is 149 Å². The minimum absolute atomic E-state index is 0.0233. The molecule has 0 saturated carbocycles. The van der Waals surface area contributed by atoms with Crippen LogP contribution in [0.4, 0.5) is 4.79 Å². The van der Waals surface area contributed by atoms with Gasteiger partial charge in [0.25, 0.3) is 0 Å². The highest BCUT2D eigenvalue weighted by atomic mass is 16.5. The molecular weight excluding hydrogens is 320 g/mol. The fraction of sp³-hybridized carbons (Fsp3) is 0.556. The lowest BCUT2D eigenvalue weighted by molar-refractivity contribution is -0.123. The van der Waals surface area contributed by atoms with E-state index in [1.54, 1.807) is 12.0 Å². The number of piperazine rings is 1. The van der Waals surface area contributed by atoms with Gasteiger partial charge in [-0.25, -0.2) is 4.79 Å². The molecule has 0 radical (unpaired) electrons. The standard InChI is InChI=1S/C18H28N4O3/c1-4-19-18(24)22-11-9-21(10-12-22)13-17(23)20-14(2)15-7-5-6-8-16(15)25-3/h5-8,14H,4,9-13H2,1-3H3,(H,19,24)(H,20,23). The number of benzene rings is 1. The monoisotopic (exact) mass is 348 g/mol. The minimum atomic E-state index is -0.125. The molecule has 1 heterocycles. The van der Waals surface area contributed by atoms with Gasteiger partial charge in [-0.3, -0.25) is 9.69 Å². The molecule has 0 spiro atoms. The second kappa shape index (κ2) is 9.27. The first kappa shape index (κ1) is 19.1. The van der Waals surface area contributed by atoms with Crippen molar-refractivity contribution in [3.05, 3.63) is 29.8 Å². The number of rotatable bonds is 6. The van der Waals surface area contributed by atoms with E-state index < -0.39 is 0 Å². The summed E-state index contributed by atoms with van der Waals surface area (Å²) in [4.78, 5) is 28.0. The van der Waals surface area contributed by atoms with Gasteiger partial charge in [-0.1, -0.05) is 18.2 Å². The third-order valence-electron chi connectivity index (χ3n) is 4.34. The highest BCUT2D eigenvalue weighted by Crippen LogP contribution is 2.24. The van der Waals surface area contributed by atoms with E-state index in [4.69, 9.17) is 4.74 Å². The number of methoxy groups -OCH3 is 1. The van der Waals surface area contributed by atoms with Crippen LogP contribution in [0.15, 0.2) is 24.3 Å². The number of nitrogens with zero attached hydrogens (tertiary/aromatic N) is 2.